The van der Waals surface area contributed by atoms with Crippen LogP contribution in [0.3, 0.4) is 0 Å². The zero-order chi connectivity index (χ0) is 13.7. The number of rotatable bonds is 1. The molecular formula is C18H14O2. The van der Waals surface area contributed by atoms with Crippen LogP contribution in [0.15, 0.2) is 57.4 Å². The van der Waals surface area contributed by atoms with Crippen LogP contribution in [0.2, 0.25) is 0 Å². The standard InChI is InChI=1S/C18H14O2/c1-11-7-15-9-13(3-5-17(15)19-11)14-4-6-18-16(10-14)8-12(2)20-18/h3-10H,1-2H3. The van der Waals surface area contributed by atoms with Crippen molar-refractivity contribution < 1.29 is 8.83 Å². The Labute approximate surface area is 116 Å². The monoisotopic (exact) mass is 262 g/mol. The van der Waals surface area contributed by atoms with E-state index in [1.54, 1.807) is 0 Å². The maximum Gasteiger partial charge on any atom is 0.134 e. The van der Waals surface area contributed by atoms with Gasteiger partial charge in [0.2, 0.25) is 0 Å². The van der Waals surface area contributed by atoms with Gasteiger partial charge in [0.25, 0.3) is 0 Å². The van der Waals surface area contributed by atoms with Gasteiger partial charge in [-0.05, 0) is 61.4 Å². The molecule has 0 atom stereocenters. The van der Waals surface area contributed by atoms with Crippen molar-refractivity contribution in [2.45, 2.75) is 13.8 Å². The van der Waals surface area contributed by atoms with Crippen LogP contribution in [-0.2, 0) is 0 Å². The zero-order valence-electron chi connectivity index (χ0n) is 11.4. The van der Waals surface area contributed by atoms with Gasteiger partial charge in [-0.2, -0.15) is 0 Å². The first-order valence-corrected chi connectivity index (χ1v) is 6.70. The van der Waals surface area contributed by atoms with Gasteiger partial charge in [-0.3, -0.25) is 0 Å². The van der Waals surface area contributed by atoms with Crippen LogP contribution in [0, 0.1) is 13.8 Å². The van der Waals surface area contributed by atoms with Gasteiger partial charge >= 0.3 is 0 Å². The molecule has 0 radical (unpaired) electrons. The maximum absolute atomic E-state index is 5.62. The van der Waals surface area contributed by atoms with Gasteiger partial charge in [0, 0.05) is 10.8 Å². The normalized spacial score (nSPS) is 11.5. The van der Waals surface area contributed by atoms with Crippen LogP contribution in [-0.4, -0.2) is 0 Å². The highest BCUT2D eigenvalue weighted by Crippen LogP contribution is 2.29. The van der Waals surface area contributed by atoms with Gasteiger partial charge in [-0.15, -0.1) is 0 Å². The molecule has 0 aliphatic rings. The van der Waals surface area contributed by atoms with E-state index in [2.05, 4.69) is 36.4 Å². The van der Waals surface area contributed by atoms with Crippen LogP contribution >= 0.6 is 0 Å². The van der Waals surface area contributed by atoms with Gasteiger partial charge in [0.15, 0.2) is 0 Å². The third-order valence-electron chi connectivity index (χ3n) is 3.61. The Morgan fingerprint density at radius 3 is 1.50 bits per heavy atom. The number of aryl methyl sites for hydroxylation is 2. The molecule has 2 aromatic carbocycles. The second kappa shape index (κ2) is 4.01. The summed E-state index contributed by atoms with van der Waals surface area (Å²) < 4.78 is 11.2. The summed E-state index contributed by atoms with van der Waals surface area (Å²) in [5.74, 6) is 1.89. The van der Waals surface area contributed by atoms with Crippen molar-refractivity contribution in [2.24, 2.45) is 0 Å². The first-order chi connectivity index (χ1) is 9.69. The Morgan fingerprint density at radius 1 is 0.600 bits per heavy atom. The quantitative estimate of drug-likeness (QED) is 0.455. The van der Waals surface area contributed by atoms with Gasteiger partial charge < -0.3 is 8.83 Å². The average molecular weight is 262 g/mol. The lowest BCUT2D eigenvalue weighted by Gasteiger charge is -2.01. The second-order valence-electron chi connectivity index (χ2n) is 5.22. The molecule has 2 nitrogen and oxygen atoms in total. The molecule has 0 saturated heterocycles. The molecule has 2 heteroatoms. The number of hydrogen-bond donors (Lipinski definition) is 0. The lowest BCUT2D eigenvalue weighted by Crippen LogP contribution is -1.77. The second-order valence-corrected chi connectivity index (χ2v) is 5.22. The Hall–Kier alpha value is -2.48. The molecule has 4 aromatic rings. The molecule has 0 N–H and O–H groups in total. The number of fused-ring (bicyclic) bond motifs is 2. The maximum atomic E-state index is 5.62. The smallest absolute Gasteiger partial charge is 0.134 e. The zero-order valence-corrected chi connectivity index (χ0v) is 11.4. The van der Waals surface area contributed by atoms with E-state index in [-0.39, 0.29) is 0 Å². The highest BCUT2D eigenvalue weighted by atomic mass is 16.3. The summed E-state index contributed by atoms with van der Waals surface area (Å²) in [6.45, 7) is 3.94. The minimum atomic E-state index is 0.937. The highest BCUT2D eigenvalue weighted by Gasteiger charge is 2.06. The van der Waals surface area contributed by atoms with Crippen LogP contribution in [0.25, 0.3) is 33.1 Å². The van der Waals surface area contributed by atoms with Crippen molar-refractivity contribution in [2.75, 3.05) is 0 Å². The van der Waals surface area contributed by atoms with Gasteiger partial charge in [-0.1, -0.05) is 12.1 Å². The SMILES string of the molecule is Cc1cc2cc(-c3ccc4oc(C)cc4c3)ccc2o1. The van der Waals surface area contributed by atoms with Gasteiger partial charge in [-0.25, -0.2) is 0 Å². The molecule has 98 valence electrons. The summed E-state index contributed by atoms with van der Waals surface area (Å²) in [7, 11) is 0. The molecule has 2 heterocycles. The van der Waals surface area contributed by atoms with Crippen LogP contribution in [0.1, 0.15) is 11.5 Å². The van der Waals surface area contributed by atoms with Crippen LogP contribution < -0.4 is 0 Å². The predicted octanol–water partition coefficient (Wildman–Crippen LogP) is 5.46. The Morgan fingerprint density at radius 2 is 1.05 bits per heavy atom. The molecular weight excluding hydrogens is 248 g/mol. The van der Waals surface area contributed by atoms with Gasteiger partial charge in [0.1, 0.15) is 22.7 Å². The van der Waals surface area contributed by atoms with E-state index < -0.39 is 0 Å². The van der Waals surface area contributed by atoms with E-state index in [9.17, 15) is 0 Å². The van der Waals surface area contributed by atoms with Crippen molar-refractivity contribution in [1.29, 1.82) is 0 Å². The largest absolute Gasteiger partial charge is 0.461 e. The van der Waals surface area contributed by atoms with Crippen molar-refractivity contribution >= 4 is 21.9 Å². The lowest BCUT2D eigenvalue weighted by atomic mass is 10.0. The fourth-order valence-corrected chi connectivity index (χ4v) is 2.71. The molecule has 20 heavy (non-hydrogen) atoms. The van der Waals surface area contributed by atoms with E-state index >= 15 is 0 Å². The fraction of sp³-hybridized carbons (Fsp3) is 0.111. The van der Waals surface area contributed by atoms with Crippen molar-refractivity contribution in [3.63, 3.8) is 0 Å². The first kappa shape index (κ1) is 11.4. The molecule has 0 amide bonds. The molecule has 0 spiro atoms. The topological polar surface area (TPSA) is 26.3 Å². The molecule has 4 rings (SSSR count). The highest BCUT2D eigenvalue weighted by molar-refractivity contribution is 5.88. The first-order valence-electron chi connectivity index (χ1n) is 6.70. The molecule has 0 saturated carbocycles. The third kappa shape index (κ3) is 1.73. The molecule has 0 unspecified atom stereocenters. The van der Waals surface area contributed by atoms with Gasteiger partial charge in [0.05, 0.1) is 0 Å². The molecule has 0 aliphatic carbocycles. The van der Waals surface area contributed by atoms with E-state index in [0.717, 1.165) is 33.5 Å². The summed E-state index contributed by atoms with van der Waals surface area (Å²) >= 11 is 0. The van der Waals surface area contributed by atoms with Crippen molar-refractivity contribution in [3.8, 4) is 11.1 Å². The number of benzene rings is 2. The molecule has 0 bridgehead atoms. The van der Waals surface area contributed by atoms with E-state index in [4.69, 9.17) is 8.83 Å². The minimum Gasteiger partial charge on any atom is -0.461 e. The Balaban J connectivity index is 1.90. The number of hydrogen-bond acceptors (Lipinski definition) is 2. The van der Waals surface area contributed by atoms with E-state index in [1.807, 2.05) is 26.0 Å². The number of furan rings is 2. The molecule has 2 aromatic heterocycles. The predicted molar refractivity (Wildman–Crippen MR) is 80.9 cm³/mol. The molecule has 0 fully saturated rings. The van der Waals surface area contributed by atoms with Crippen LogP contribution in [0.5, 0.6) is 0 Å². The fourth-order valence-electron chi connectivity index (χ4n) is 2.71. The summed E-state index contributed by atoms with van der Waals surface area (Å²) in [5.41, 5.74) is 4.26. The molecule has 0 aliphatic heterocycles. The third-order valence-corrected chi connectivity index (χ3v) is 3.61. The van der Waals surface area contributed by atoms with Crippen LogP contribution in [0.4, 0.5) is 0 Å². The minimum absolute atomic E-state index is 0.937. The Bertz CT molecular complexity index is 847. The van der Waals surface area contributed by atoms with E-state index in [0.29, 0.717) is 0 Å². The van der Waals surface area contributed by atoms with E-state index in [1.165, 1.54) is 11.1 Å². The summed E-state index contributed by atoms with van der Waals surface area (Å²) in [6.07, 6.45) is 0. The summed E-state index contributed by atoms with van der Waals surface area (Å²) in [5, 5.41) is 2.28. The average Bonchev–Trinajstić information content (AvgIpc) is 2.97. The summed E-state index contributed by atoms with van der Waals surface area (Å²) in [4.78, 5) is 0. The Kier molecular flexibility index (Phi) is 2.27. The summed E-state index contributed by atoms with van der Waals surface area (Å²) in [6, 6.07) is 16.7. The van der Waals surface area contributed by atoms with Crippen molar-refractivity contribution in [1.82, 2.24) is 0 Å². The lowest BCUT2D eigenvalue weighted by molar-refractivity contribution is 0.578. The van der Waals surface area contributed by atoms with Crippen molar-refractivity contribution in [3.05, 3.63) is 60.1 Å².